The lowest BCUT2D eigenvalue weighted by molar-refractivity contribution is 0.623. The molecule has 0 aliphatic rings. The van der Waals surface area contributed by atoms with E-state index in [0.29, 0.717) is 12.5 Å². The van der Waals surface area contributed by atoms with Crippen molar-refractivity contribution in [1.29, 1.82) is 0 Å². The highest BCUT2D eigenvalue weighted by Gasteiger charge is 2.05. The normalized spacial score (nSPS) is 12.8. The van der Waals surface area contributed by atoms with Crippen LogP contribution in [0.4, 0.5) is 4.39 Å². The molecule has 0 amide bonds. The summed E-state index contributed by atoms with van der Waals surface area (Å²) in [5, 5.41) is 0. The smallest absolute Gasteiger partial charge is 0.123 e. The van der Waals surface area contributed by atoms with Gasteiger partial charge in [-0.1, -0.05) is 20.3 Å². The summed E-state index contributed by atoms with van der Waals surface area (Å²) < 4.78 is 12.9. The minimum Gasteiger partial charge on any atom is -0.326 e. The Morgan fingerprint density at radius 2 is 2.20 bits per heavy atom. The number of rotatable bonds is 5. The molecular weight excluding hydrogens is 209 g/mol. The van der Waals surface area contributed by atoms with E-state index < -0.39 is 0 Å². The second-order valence-corrected chi connectivity index (χ2v) is 4.84. The zero-order chi connectivity index (χ0) is 11.3. The van der Waals surface area contributed by atoms with E-state index in [1.54, 1.807) is 11.8 Å². The van der Waals surface area contributed by atoms with Gasteiger partial charge in [0.1, 0.15) is 5.82 Å². The molecule has 0 bridgehead atoms. The molecule has 1 unspecified atom stereocenters. The molecule has 0 fully saturated rings. The van der Waals surface area contributed by atoms with Gasteiger partial charge < -0.3 is 5.73 Å². The highest BCUT2D eigenvalue weighted by atomic mass is 32.2. The lowest BCUT2D eigenvalue weighted by Gasteiger charge is -2.10. The molecule has 1 atom stereocenters. The number of benzene rings is 1. The van der Waals surface area contributed by atoms with E-state index in [-0.39, 0.29) is 5.82 Å². The van der Waals surface area contributed by atoms with Gasteiger partial charge in [0, 0.05) is 17.2 Å². The Morgan fingerprint density at radius 1 is 1.47 bits per heavy atom. The molecule has 1 rings (SSSR count). The summed E-state index contributed by atoms with van der Waals surface area (Å²) in [6.07, 6.45) is 1.17. The van der Waals surface area contributed by atoms with Crippen molar-refractivity contribution in [2.75, 3.05) is 5.75 Å². The first-order valence-electron chi connectivity index (χ1n) is 5.28. The second kappa shape index (κ2) is 6.13. The molecule has 15 heavy (non-hydrogen) atoms. The van der Waals surface area contributed by atoms with Crippen molar-refractivity contribution in [3.63, 3.8) is 0 Å². The van der Waals surface area contributed by atoms with Crippen LogP contribution >= 0.6 is 11.8 Å². The summed E-state index contributed by atoms with van der Waals surface area (Å²) in [5.41, 5.74) is 6.48. The molecule has 84 valence electrons. The van der Waals surface area contributed by atoms with E-state index in [9.17, 15) is 4.39 Å². The third kappa shape index (κ3) is 3.84. The van der Waals surface area contributed by atoms with Gasteiger partial charge in [-0.3, -0.25) is 0 Å². The highest BCUT2D eigenvalue weighted by Crippen LogP contribution is 2.26. The maximum atomic E-state index is 12.9. The van der Waals surface area contributed by atoms with Crippen molar-refractivity contribution in [2.45, 2.75) is 31.7 Å². The van der Waals surface area contributed by atoms with E-state index in [4.69, 9.17) is 5.73 Å². The van der Waals surface area contributed by atoms with Gasteiger partial charge in [-0.2, -0.15) is 0 Å². The van der Waals surface area contributed by atoms with E-state index in [0.717, 1.165) is 16.2 Å². The van der Waals surface area contributed by atoms with E-state index in [1.807, 2.05) is 6.07 Å². The maximum Gasteiger partial charge on any atom is 0.123 e. The standard InChI is InChI=1S/C12H18FNS/c1-3-9(2)8-15-12-5-4-11(13)6-10(12)7-14/h4-6,9H,3,7-8,14H2,1-2H3. The average molecular weight is 227 g/mol. The van der Waals surface area contributed by atoms with E-state index in [2.05, 4.69) is 13.8 Å². The molecule has 2 N–H and O–H groups in total. The molecule has 0 saturated heterocycles. The second-order valence-electron chi connectivity index (χ2n) is 3.78. The van der Waals surface area contributed by atoms with E-state index in [1.165, 1.54) is 18.6 Å². The van der Waals surface area contributed by atoms with Gasteiger partial charge in [0.05, 0.1) is 0 Å². The largest absolute Gasteiger partial charge is 0.326 e. The number of nitrogens with two attached hydrogens (primary N) is 1. The Hall–Kier alpha value is -0.540. The summed E-state index contributed by atoms with van der Waals surface area (Å²) in [4.78, 5) is 1.11. The molecule has 0 aliphatic heterocycles. The lowest BCUT2D eigenvalue weighted by atomic mass is 10.2. The number of thioether (sulfide) groups is 1. The van der Waals surface area contributed by atoms with Gasteiger partial charge in [-0.15, -0.1) is 11.8 Å². The number of hydrogen-bond donors (Lipinski definition) is 1. The van der Waals surface area contributed by atoms with Gasteiger partial charge in [0.15, 0.2) is 0 Å². The Bertz CT molecular complexity index is 314. The quantitative estimate of drug-likeness (QED) is 0.780. The molecule has 0 spiro atoms. The fraction of sp³-hybridized carbons (Fsp3) is 0.500. The van der Waals surface area contributed by atoms with Gasteiger partial charge >= 0.3 is 0 Å². The summed E-state index contributed by atoms with van der Waals surface area (Å²) >= 11 is 1.77. The summed E-state index contributed by atoms with van der Waals surface area (Å²) in [6.45, 7) is 4.80. The van der Waals surface area contributed by atoms with Crippen LogP contribution in [0.15, 0.2) is 23.1 Å². The topological polar surface area (TPSA) is 26.0 Å². The van der Waals surface area contributed by atoms with Crippen LogP contribution in [0.1, 0.15) is 25.8 Å². The Morgan fingerprint density at radius 3 is 2.80 bits per heavy atom. The molecule has 0 aliphatic carbocycles. The molecule has 1 aromatic carbocycles. The van der Waals surface area contributed by atoms with Crippen molar-refractivity contribution in [1.82, 2.24) is 0 Å². The monoisotopic (exact) mass is 227 g/mol. The fourth-order valence-corrected chi connectivity index (χ4v) is 2.39. The van der Waals surface area contributed by atoms with Crippen molar-refractivity contribution < 1.29 is 4.39 Å². The highest BCUT2D eigenvalue weighted by molar-refractivity contribution is 7.99. The number of hydrogen-bond acceptors (Lipinski definition) is 2. The van der Waals surface area contributed by atoms with Crippen molar-refractivity contribution in [3.05, 3.63) is 29.6 Å². The number of halogens is 1. The first-order chi connectivity index (χ1) is 7.17. The first kappa shape index (κ1) is 12.5. The minimum absolute atomic E-state index is 0.205. The summed E-state index contributed by atoms with van der Waals surface area (Å²) in [6, 6.07) is 4.85. The predicted octanol–water partition coefficient (Wildman–Crippen LogP) is 3.42. The molecular formula is C12H18FNS. The lowest BCUT2D eigenvalue weighted by Crippen LogP contribution is -2.01. The zero-order valence-electron chi connectivity index (χ0n) is 9.29. The third-order valence-corrected chi connectivity index (χ3v) is 3.91. The van der Waals surface area contributed by atoms with Crippen LogP contribution in [0.25, 0.3) is 0 Å². The SMILES string of the molecule is CCC(C)CSc1ccc(F)cc1CN. The van der Waals surface area contributed by atoms with Gasteiger partial charge in [0.25, 0.3) is 0 Å². The molecule has 0 radical (unpaired) electrons. The predicted molar refractivity (Wildman–Crippen MR) is 64.5 cm³/mol. The van der Waals surface area contributed by atoms with Crippen molar-refractivity contribution in [2.24, 2.45) is 11.7 Å². The van der Waals surface area contributed by atoms with Crippen LogP contribution in [0, 0.1) is 11.7 Å². The van der Waals surface area contributed by atoms with Crippen molar-refractivity contribution >= 4 is 11.8 Å². The molecule has 3 heteroatoms. The maximum absolute atomic E-state index is 12.9. The summed E-state index contributed by atoms with van der Waals surface area (Å²) in [7, 11) is 0. The van der Waals surface area contributed by atoms with Gasteiger partial charge in [-0.05, 0) is 29.7 Å². The average Bonchev–Trinajstić information content (AvgIpc) is 2.26. The van der Waals surface area contributed by atoms with Crippen LogP contribution in [0.3, 0.4) is 0 Å². The third-order valence-electron chi connectivity index (χ3n) is 2.46. The molecule has 0 heterocycles. The van der Waals surface area contributed by atoms with Crippen molar-refractivity contribution in [3.8, 4) is 0 Å². The zero-order valence-corrected chi connectivity index (χ0v) is 10.1. The summed E-state index contributed by atoms with van der Waals surface area (Å²) in [5.74, 6) is 1.55. The van der Waals surface area contributed by atoms with Crippen LogP contribution < -0.4 is 5.73 Å². The van der Waals surface area contributed by atoms with Crippen LogP contribution in [0.2, 0.25) is 0 Å². The van der Waals surface area contributed by atoms with E-state index >= 15 is 0 Å². The molecule has 1 aromatic rings. The minimum atomic E-state index is -0.205. The van der Waals surface area contributed by atoms with Crippen LogP contribution in [-0.2, 0) is 6.54 Å². The van der Waals surface area contributed by atoms with Gasteiger partial charge in [-0.25, -0.2) is 4.39 Å². The first-order valence-corrected chi connectivity index (χ1v) is 6.27. The Labute approximate surface area is 95.2 Å². The molecule has 0 aromatic heterocycles. The van der Waals surface area contributed by atoms with Gasteiger partial charge in [0.2, 0.25) is 0 Å². The Kier molecular flexibility index (Phi) is 5.12. The molecule has 0 saturated carbocycles. The molecule has 1 nitrogen and oxygen atoms in total. The van der Waals surface area contributed by atoms with Crippen LogP contribution in [-0.4, -0.2) is 5.75 Å². The van der Waals surface area contributed by atoms with Crippen LogP contribution in [0.5, 0.6) is 0 Å². The fourth-order valence-electron chi connectivity index (χ4n) is 1.20. The Balaban J connectivity index is 2.67.